The number of phenols is 1. The van der Waals surface area contributed by atoms with Crippen LogP contribution in [0.4, 0.5) is 0 Å². The van der Waals surface area contributed by atoms with Gasteiger partial charge in [-0.1, -0.05) is 11.6 Å². The maximum Gasteiger partial charge on any atom is 0.307 e. The van der Waals surface area contributed by atoms with Crippen LogP contribution in [0.5, 0.6) is 5.75 Å². The highest BCUT2D eigenvalue weighted by molar-refractivity contribution is 9.10. The van der Waals surface area contributed by atoms with Crippen LogP contribution >= 0.6 is 27.5 Å². The third-order valence-corrected chi connectivity index (χ3v) is 2.97. The zero-order chi connectivity index (χ0) is 13.0. The summed E-state index contributed by atoms with van der Waals surface area (Å²) in [5.74, 6) is -0.415. The Balaban J connectivity index is 2.88. The van der Waals surface area contributed by atoms with Gasteiger partial charge in [-0.15, -0.1) is 0 Å². The number of benzene rings is 1. The molecule has 6 heteroatoms. The van der Waals surface area contributed by atoms with Gasteiger partial charge in [0.25, 0.3) is 0 Å². The standard InChI is InChI=1S/C11H13BrClNO3/c1-2-17-10(15)5-9(14)7-3-6(13)4-8(12)11(7)16/h3-4,9,16H,2,5,14H2,1H3. The minimum Gasteiger partial charge on any atom is -0.506 e. The normalized spacial score (nSPS) is 12.2. The minimum absolute atomic E-state index is 0.00577. The molecule has 4 nitrogen and oxygen atoms in total. The largest absolute Gasteiger partial charge is 0.506 e. The lowest BCUT2D eigenvalue weighted by Crippen LogP contribution is -2.17. The number of rotatable bonds is 4. The molecule has 0 spiro atoms. The number of esters is 1. The Hall–Kier alpha value is -0.780. The number of hydrogen-bond donors (Lipinski definition) is 2. The Morgan fingerprint density at radius 3 is 2.88 bits per heavy atom. The molecule has 17 heavy (non-hydrogen) atoms. The summed E-state index contributed by atoms with van der Waals surface area (Å²) in [5.41, 5.74) is 6.24. The van der Waals surface area contributed by atoms with Gasteiger partial charge in [-0.25, -0.2) is 0 Å². The lowest BCUT2D eigenvalue weighted by molar-refractivity contribution is -0.143. The topological polar surface area (TPSA) is 72.5 Å². The van der Waals surface area contributed by atoms with Crippen molar-refractivity contribution in [2.24, 2.45) is 5.73 Å². The number of carbonyl (C=O) groups excluding carboxylic acids is 1. The SMILES string of the molecule is CCOC(=O)CC(N)c1cc(Cl)cc(Br)c1O. The number of ether oxygens (including phenoxy) is 1. The first-order chi connectivity index (χ1) is 7.95. The predicted molar refractivity (Wildman–Crippen MR) is 69.0 cm³/mol. The van der Waals surface area contributed by atoms with Crippen molar-refractivity contribution < 1.29 is 14.6 Å². The molecular weight excluding hydrogens is 309 g/mol. The molecule has 0 bridgehead atoms. The number of phenolic OH excluding ortho intramolecular Hbond substituents is 1. The molecule has 0 aliphatic carbocycles. The highest BCUT2D eigenvalue weighted by Crippen LogP contribution is 2.35. The van der Waals surface area contributed by atoms with Crippen LogP contribution in [0.2, 0.25) is 5.02 Å². The minimum atomic E-state index is -0.649. The van der Waals surface area contributed by atoms with Gasteiger partial charge >= 0.3 is 5.97 Å². The monoisotopic (exact) mass is 321 g/mol. The summed E-state index contributed by atoms with van der Waals surface area (Å²) in [6.45, 7) is 2.02. The molecule has 1 rings (SSSR count). The third kappa shape index (κ3) is 3.87. The van der Waals surface area contributed by atoms with Crippen LogP contribution in [0, 0.1) is 0 Å². The fourth-order valence-electron chi connectivity index (χ4n) is 1.38. The van der Waals surface area contributed by atoms with Crippen molar-refractivity contribution in [3.05, 3.63) is 27.2 Å². The highest BCUT2D eigenvalue weighted by Gasteiger charge is 2.18. The van der Waals surface area contributed by atoms with E-state index in [1.54, 1.807) is 13.0 Å². The first-order valence-corrected chi connectivity index (χ1v) is 6.22. The molecule has 0 saturated carbocycles. The summed E-state index contributed by atoms with van der Waals surface area (Å²) < 4.78 is 5.23. The van der Waals surface area contributed by atoms with Crippen LogP contribution in [-0.4, -0.2) is 17.7 Å². The number of carbonyl (C=O) groups is 1. The van der Waals surface area contributed by atoms with Crippen molar-refractivity contribution in [3.8, 4) is 5.75 Å². The summed E-state index contributed by atoms with van der Waals surface area (Å²) in [7, 11) is 0. The van der Waals surface area contributed by atoms with Crippen molar-refractivity contribution in [1.29, 1.82) is 0 Å². The summed E-state index contributed by atoms with van der Waals surface area (Å²) in [6, 6.07) is 2.44. The maximum atomic E-state index is 11.3. The molecule has 3 N–H and O–H groups in total. The lowest BCUT2D eigenvalue weighted by Gasteiger charge is -2.14. The van der Waals surface area contributed by atoms with Crippen LogP contribution in [-0.2, 0) is 9.53 Å². The Kier molecular flexibility index (Phi) is 5.24. The van der Waals surface area contributed by atoms with Crippen molar-refractivity contribution in [2.45, 2.75) is 19.4 Å². The molecule has 1 aromatic carbocycles. The summed E-state index contributed by atoms with van der Waals surface area (Å²) in [5, 5.41) is 10.2. The number of hydrogen-bond acceptors (Lipinski definition) is 4. The fraction of sp³-hybridized carbons (Fsp3) is 0.364. The molecule has 0 radical (unpaired) electrons. The van der Waals surface area contributed by atoms with Gasteiger partial charge in [-0.2, -0.15) is 0 Å². The molecule has 0 saturated heterocycles. The molecule has 0 heterocycles. The van der Waals surface area contributed by atoms with Gasteiger partial charge in [0, 0.05) is 16.6 Å². The van der Waals surface area contributed by atoms with Crippen LogP contribution in [0.25, 0.3) is 0 Å². The van der Waals surface area contributed by atoms with E-state index in [-0.39, 0.29) is 12.2 Å². The first kappa shape index (κ1) is 14.3. The Labute approximate surface area is 113 Å². The van der Waals surface area contributed by atoms with Crippen molar-refractivity contribution in [3.63, 3.8) is 0 Å². The average Bonchev–Trinajstić information content (AvgIpc) is 2.23. The molecule has 0 aliphatic rings. The van der Waals surface area contributed by atoms with E-state index in [1.807, 2.05) is 0 Å². The zero-order valence-electron chi connectivity index (χ0n) is 9.24. The van der Waals surface area contributed by atoms with E-state index >= 15 is 0 Å². The van der Waals surface area contributed by atoms with Gasteiger partial charge in [0.15, 0.2) is 0 Å². The van der Waals surface area contributed by atoms with Crippen LogP contribution in [0.3, 0.4) is 0 Å². The van der Waals surface area contributed by atoms with E-state index in [1.165, 1.54) is 6.07 Å². The number of nitrogens with two attached hydrogens (primary N) is 1. The predicted octanol–water partition coefficient (Wildman–Crippen LogP) is 2.76. The highest BCUT2D eigenvalue weighted by atomic mass is 79.9. The summed E-state index contributed by atoms with van der Waals surface area (Å²) in [6.07, 6.45) is -0.00577. The molecular formula is C11H13BrClNO3. The Morgan fingerprint density at radius 1 is 1.65 bits per heavy atom. The summed E-state index contributed by atoms with van der Waals surface area (Å²) in [4.78, 5) is 11.3. The quantitative estimate of drug-likeness (QED) is 0.836. The molecule has 0 fully saturated rings. The molecule has 0 aliphatic heterocycles. The van der Waals surface area contributed by atoms with Crippen molar-refractivity contribution in [1.82, 2.24) is 0 Å². The lowest BCUT2D eigenvalue weighted by atomic mass is 10.0. The molecule has 0 aromatic heterocycles. The number of aromatic hydroxyl groups is 1. The molecule has 94 valence electrons. The maximum absolute atomic E-state index is 11.3. The van der Waals surface area contributed by atoms with Gasteiger partial charge in [0.2, 0.25) is 0 Å². The average molecular weight is 323 g/mol. The molecule has 1 unspecified atom stereocenters. The second-order valence-electron chi connectivity index (χ2n) is 3.44. The fourth-order valence-corrected chi connectivity index (χ4v) is 2.21. The van der Waals surface area contributed by atoms with Gasteiger partial charge in [-0.05, 0) is 35.0 Å². The second-order valence-corrected chi connectivity index (χ2v) is 4.73. The smallest absolute Gasteiger partial charge is 0.307 e. The van der Waals surface area contributed by atoms with Crippen LogP contribution in [0.1, 0.15) is 24.9 Å². The van der Waals surface area contributed by atoms with E-state index in [4.69, 9.17) is 22.1 Å². The van der Waals surface area contributed by atoms with Crippen LogP contribution < -0.4 is 5.73 Å². The van der Waals surface area contributed by atoms with Gasteiger partial charge in [0.05, 0.1) is 17.5 Å². The third-order valence-electron chi connectivity index (χ3n) is 2.15. The molecule has 1 atom stereocenters. The van der Waals surface area contributed by atoms with Gasteiger partial charge in [0.1, 0.15) is 5.75 Å². The van der Waals surface area contributed by atoms with E-state index < -0.39 is 12.0 Å². The van der Waals surface area contributed by atoms with Crippen LogP contribution in [0.15, 0.2) is 16.6 Å². The second kappa shape index (κ2) is 6.23. The van der Waals surface area contributed by atoms with E-state index in [0.29, 0.717) is 21.7 Å². The zero-order valence-corrected chi connectivity index (χ0v) is 11.6. The summed E-state index contributed by atoms with van der Waals surface area (Å²) >= 11 is 9.01. The van der Waals surface area contributed by atoms with Crippen molar-refractivity contribution >= 4 is 33.5 Å². The number of halogens is 2. The first-order valence-electron chi connectivity index (χ1n) is 5.04. The van der Waals surface area contributed by atoms with E-state index in [2.05, 4.69) is 15.9 Å². The van der Waals surface area contributed by atoms with Gasteiger partial charge in [-0.3, -0.25) is 4.79 Å². The van der Waals surface area contributed by atoms with Crippen molar-refractivity contribution in [2.75, 3.05) is 6.61 Å². The van der Waals surface area contributed by atoms with E-state index in [0.717, 1.165) is 0 Å². The molecule has 0 amide bonds. The van der Waals surface area contributed by atoms with Gasteiger partial charge < -0.3 is 15.6 Å². The van der Waals surface area contributed by atoms with E-state index in [9.17, 15) is 9.90 Å². The molecule has 1 aromatic rings. The Bertz CT molecular complexity index is 425. The Morgan fingerprint density at radius 2 is 2.29 bits per heavy atom.